The average molecular weight is 276 g/mol. The Labute approximate surface area is 121 Å². The molecule has 0 heterocycles. The molecule has 1 fully saturated rings. The highest BCUT2D eigenvalue weighted by atomic mass is 16.5. The number of benzene rings is 1. The molecule has 3 heteroatoms. The van der Waals surface area contributed by atoms with Gasteiger partial charge < -0.3 is 9.47 Å². The van der Waals surface area contributed by atoms with E-state index in [-0.39, 0.29) is 11.9 Å². The average Bonchev–Trinajstić information content (AvgIpc) is 3.25. The highest BCUT2D eigenvalue weighted by Crippen LogP contribution is 2.42. The summed E-state index contributed by atoms with van der Waals surface area (Å²) in [5.74, 6) is 0.596. The number of rotatable bonds is 9. The largest absolute Gasteiger partial charge is 0.465 e. The molecule has 20 heavy (non-hydrogen) atoms. The molecular weight excluding hydrogens is 252 g/mol. The molecule has 0 radical (unpaired) electrons. The van der Waals surface area contributed by atoms with Crippen LogP contribution in [-0.2, 0) is 20.9 Å². The second-order valence-electron chi connectivity index (χ2n) is 5.45. The number of hydrogen-bond donors (Lipinski definition) is 0. The van der Waals surface area contributed by atoms with Gasteiger partial charge in [-0.05, 0) is 30.7 Å². The van der Waals surface area contributed by atoms with Crippen molar-refractivity contribution in [2.75, 3.05) is 13.2 Å². The summed E-state index contributed by atoms with van der Waals surface area (Å²) >= 11 is 0. The Bertz CT molecular complexity index is 402. The van der Waals surface area contributed by atoms with E-state index in [0.29, 0.717) is 19.1 Å². The highest BCUT2D eigenvalue weighted by Gasteiger charge is 2.43. The van der Waals surface area contributed by atoms with Gasteiger partial charge in [0.05, 0.1) is 19.1 Å². The lowest BCUT2D eigenvalue weighted by atomic mass is 10.2. The van der Waals surface area contributed by atoms with Crippen molar-refractivity contribution in [1.82, 2.24) is 0 Å². The SMILES string of the molecule is CCCCOC(=O)[C@H]1C[C@@H]1CCOCc1ccccc1. The second kappa shape index (κ2) is 8.05. The van der Waals surface area contributed by atoms with Crippen molar-refractivity contribution in [3.05, 3.63) is 35.9 Å². The summed E-state index contributed by atoms with van der Waals surface area (Å²) in [4.78, 5) is 11.7. The highest BCUT2D eigenvalue weighted by molar-refractivity contribution is 5.75. The molecule has 0 aromatic heterocycles. The molecule has 0 saturated heterocycles. The molecule has 1 saturated carbocycles. The van der Waals surface area contributed by atoms with Crippen LogP contribution in [0.4, 0.5) is 0 Å². The summed E-state index contributed by atoms with van der Waals surface area (Å²) in [6.45, 7) is 4.04. The summed E-state index contributed by atoms with van der Waals surface area (Å²) in [7, 11) is 0. The number of hydrogen-bond acceptors (Lipinski definition) is 3. The van der Waals surface area contributed by atoms with Crippen molar-refractivity contribution < 1.29 is 14.3 Å². The zero-order chi connectivity index (χ0) is 14.2. The minimum Gasteiger partial charge on any atom is -0.465 e. The van der Waals surface area contributed by atoms with Gasteiger partial charge in [0.15, 0.2) is 0 Å². The van der Waals surface area contributed by atoms with Gasteiger partial charge in [-0.1, -0.05) is 43.7 Å². The fourth-order valence-corrected chi connectivity index (χ4v) is 2.28. The van der Waals surface area contributed by atoms with Crippen molar-refractivity contribution in [3.8, 4) is 0 Å². The molecule has 0 aliphatic heterocycles. The maximum absolute atomic E-state index is 11.7. The minimum absolute atomic E-state index is 0.00786. The number of unbranched alkanes of at least 4 members (excludes halogenated alkanes) is 1. The molecule has 1 aromatic rings. The lowest BCUT2D eigenvalue weighted by molar-refractivity contribution is -0.145. The van der Waals surface area contributed by atoms with Crippen LogP contribution >= 0.6 is 0 Å². The zero-order valence-electron chi connectivity index (χ0n) is 12.2. The van der Waals surface area contributed by atoms with E-state index in [1.165, 1.54) is 5.56 Å². The van der Waals surface area contributed by atoms with Gasteiger partial charge >= 0.3 is 5.97 Å². The summed E-state index contributed by atoms with van der Waals surface area (Å²) in [5.41, 5.74) is 1.19. The Balaban J connectivity index is 1.53. The van der Waals surface area contributed by atoms with Gasteiger partial charge in [0, 0.05) is 6.61 Å². The lowest BCUT2D eigenvalue weighted by Gasteiger charge is -2.05. The Kier molecular flexibility index (Phi) is 6.06. The summed E-state index contributed by atoms with van der Waals surface area (Å²) < 4.78 is 10.9. The van der Waals surface area contributed by atoms with Gasteiger partial charge in [-0.15, -0.1) is 0 Å². The molecule has 1 aromatic carbocycles. The first-order valence-electron chi connectivity index (χ1n) is 7.59. The Morgan fingerprint density at radius 1 is 1.25 bits per heavy atom. The van der Waals surface area contributed by atoms with Gasteiger partial charge in [0.1, 0.15) is 0 Å². The standard InChI is InChI=1S/C17H24O3/c1-2-3-10-20-17(18)16-12-15(16)9-11-19-13-14-7-5-4-6-8-14/h4-8,15-16H,2-3,9-13H2,1H3/t15-,16-/m0/s1. The molecule has 2 atom stereocenters. The quantitative estimate of drug-likeness (QED) is 0.511. The monoisotopic (exact) mass is 276 g/mol. The van der Waals surface area contributed by atoms with Crippen molar-refractivity contribution in [3.63, 3.8) is 0 Å². The van der Waals surface area contributed by atoms with Gasteiger partial charge in [-0.25, -0.2) is 0 Å². The molecule has 110 valence electrons. The van der Waals surface area contributed by atoms with E-state index in [1.54, 1.807) is 0 Å². The van der Waals surface area contributed by atoms with Crippen molar-refractivity contribution in [1.29, 1.82) is 0 Å². The third kappa shape index (κ3) is 4.97. The van der Waals surface area contributed by atoms with Gasteiger partial charge in [0.25, 0.3) is 0 Å². The maximum Gasteiger partial charge on any atom is 0.309 e. The first kappa shape index (κ1) is 15.0. The smallest absolute Gasteiger partial charge is 0.309 e. The van der Waals surface area contributed by atoms with Crippen molar-refractivity contribution in [2.45, 2.75) is 39.2 Å². The summed E-state index contributed by atoms with van der Waals surface area (Å²) in [6.07, 6.45) is 3.96. The number of carbonyl (C=O) groups excluding carboxylic acids is 1. The molecular formula is C17H24O3. The van der Waals surface area contributed by atoms with Crippen LogP contribution in [0.5, 0.6) is 0 Å². The molecule has 0 bridgehead atoms. The van der Waals surface area contributed by atoms with Crippen molar-refractivity contribution >= 4 is 5.97 Å². The van der Waals surface area contributed by atoms with Gasteiger partial charge in [0.2, 0.25) is 0 Å². The molecule has 0 spiro atoms. The normalized spacial score (nSPS) is 20.6. The summed E-state index contributed by atoms with van der Waals surface area (Å²) in [5, 5.41) is 0. The third-order valence-electron chi connectivity index (χ3n) is 3.71. The minimum atomic E-state index is -0.00786. The Morgan fingerprint density at radius 2 is 2.05 bits per heavy atom. The van der Waals surface area contributed by atoms with Crippen LogP contribution in [0.2, 0.25) is 0 Å². The van der Waals surface area contributed by atoms with Crippen LogP contribution in [0.15, 0.2) is 30.3 Å². The van der Waals surface area contributed by atoms with Gasteiger partial charge in [-0.3, -0.25) is 4.79 Å². The van der Waals surface area contributed by atoms with Crippen LogP contribution in [0.3, 0.4) is 0 Å². The maximum atomic E-state index is 11.7. The van der Waals surface area contributed by atoms with Crippen LogP contribution in [0.25, 0.3) is 0 Å². The predicted molar refractivity (Wildman–Crippen MR) is 78.2 cm³/mol. The fourth-order valence-electron chi connectivity index (χ4n) is 2.28. The topological polar surface area (TPSA) is 35.5 Å². The molecule has 3 nitrogen and oxygen atoms in total. The first-order chi connectivity index (χ1) is 9.81. The van der Waals surface area contributed by atoms with Crippen molar-refractivity contribution in [2.24, 2.45) is 11.8 Å². The Morgan fingerprint density at radius 3 is 2.80 bits per heavy atom. The van der Waals surface area contributed by atoms with Crippen LogP contribution < -0.4 is 0 Å². The van der Waals surface area contributed by atoms with E-state index in [2.05, 4.69) is 19.1 Å². The van der Waals surface area contributed by atoms with Crippen LogP contribution in [0, 0.1) is 11.8 Å². The third-order valence-corrected chi connectivity index (χ3v) is 3.71. The summed E-state index contributed by atoms with van der Waals surface area (Å²) in [6, 6.07) is 10.2. The second-order valence-corrected chi connectivity index (χ2v) is 5.45. The predicted octanol–water partition coefficient (Wildman–Crippen LogP) is 3.57. The number of ether oxygens (including phenoxy) is 2. The van der Waals surface area contributed by atoms with E-state index in [0.717, 1.165) is 32.3 Å². The van der Waals surface area contributed by atoms with E-state index in [1.807, 2.05) is 18.2 Å². The molecule has 0 N–H and O–H groups in total. The molecule has 2 rings (SSSR count). The van der Waals surface area contributed by atoms with E-state index in [4.69, 9.17) is 9.47 Å². The molecule has 0 unspecified atom stereocenters. The van der Waals surface area contributed by atoms with Crippen LogP contribution in [-0.4, -0.2) is 19.2 Å². The molecule has 1 aliphatic carbocycles. The zero-order valence-corrected chi connectivity index (χ0v) is 12.2. The number of esters is 1. The lowest BCUT2D eigenvalue weighted by Crippen LogP contribution is -2.09. The Hall–Kier alpha value is -1.35. The molecule has 1 aliphatic rings. The van der Waals surface area contributed by atoms with Gasteiger partial charge in [-0.2, -0.15) is 0 Å². The molecule has 0 amide bonds. The van der Waals surface area contributed by atoms with E-state index >= 15 is 0 Å². The number of carbonyl (C=O) groups is 1. The fraction of sp³-hybridized carbons (Fsp3) is 0.588. The first-order valence-corrected chi connectivity index (χ1v) is 7.59. The van der Waals surface area contributed by atoms with E-state index < -0.39 is 0 Å². The van der Waals surface area contributed by atoms with Crippen LogP contribution in [0.1, 0.15) is 38.2 Å². The van der Waals surface area contributed by atoms with E-state index in [9.17, 15) is 4.79 Å².